The molecule has 0 aliphatic rings. The monoisotopic (exact) mass is 436 g/mol. The number of hydrazone groups is 1. The van der Waals surface area contributed by atoms with E-state index in [0.717, 1.165) is 15.6 Å². The van der Waals surface area contributed by atoms with Crippen molar-refractivity contribution in [2.45, 2.75) is 6.92 Å². The molecule has 3 aromatic carbocycles. The molecule has 140 valence electrons. The highest BCUT2D eigenvalue weighted by Crippen LogP contribution is 2.14. The van der Waals surface area contributed by atoms with Crippen LogP contribution in [0.1, 0.15) is 31.8 Å². The molecule has 0 saturated carbocycles. The third-order valence-corrected chi connectivity index (χ3v) is 4.30. The predicted octanol–water partition coefficient (Wildman–Crippen LogP) is 4.74. The molecule has 0 unspecified atom stereocenters. The number of rotatable bonds is 5. The molecule has 1 amide bonds. The number of nitrogens with zero attached hydrogens (tertiary/aromatic N) is 1. The molecule has 0 heterocycles. The van der Waals surface area contributed by atoms with E-state index in [-0.39, 0.29) is 5.91 Å². The Hall–Kier alpha value is -3.25. The predicted molar refractivity (Wildman–Crippen MR) is 112 cm³/mol. The first-order valence-electron chi connectivity index (χ1n) is 8.49. The molecule has 0 aromatic heterocycles. The summed E-state index contributed by atoms with van der Waals surface area (Å²) in [4.78, 5) is 24.2. The molecule has 28 heavy (non-hydrogen) atoms. The summed E-state index contributed by atoms with van der Waals surface area (Å²) in [6.45, 7) is 1.92. The Kier molecular flexibility index (Phi) is 6.34. The maximum atomic E-state index is 12.2. The Morgan fingerprint density at radius 1 is 0.964 bits per heavy atom. The molecule has 0 radical (unpaired) electrons. The molecule has 0 saturated heterocycles. The number of ether oxygens (including phenoxy) is 1. The van der Waals surface area contributed by atoms with Gasteiger partial charge in [-0.25, -0.2) is 10.2 Å². The lowest BCUT2D eigenvalue weighted by Gasteiger charge is -2.05. The van der Waals surface area contributed by atoms with Crippen LogP contribution in [0.5, 0.6) is 5.75 Å². The quantitative estimate of drug-likeness (QED) is 0.271. The molecule has 1 N–H and O–H groups in total. The summed E-state index contributed by atoms with van der Waals surface area (Å²) in [5, 5.41) is 3.95. The highest BCUT2D eigenvalue weighted by molar-refractivity contribution is 9.10. The van der Waals surface area contributed by atoms with Crippen LogP contribution in [0.3, 0.4) is 0 Å². The SMILES string of the molecule is Cc1cccc(C(=O)Oc2ccc(C=NNC(=O)c3cccc(Br)c3)cc2)c1. The van der Waals surface area contributed by atoms with E-state index in [1.807, 2.05) is 25.1 Å². The maximum absolute atomic E-state index is 12.2. The lowest BCUT2D eigenvalue weighted by Crippen LogP contribution is -2.17. The number of esters is 1. The van der Waals surface area contributed by atoms with E-state index >= 15 is 0 Å². The summed E-state index contributed by atoms with van der Waals surface area (Å²) in [6, 6.07) is 21.1. The number of benzene rings is 3. The van der Waals surface area contributed by atoms with Gasteiger partial charge in [-0.15, -0.1) is 0 Å². The van der Waals surface area contributed by atoms with Crippen molar-refractivity contribution >= 4 is 34.0 Å². The van der Waals surface area contributed by atoms with E-state index in [2.05, 4.69) is 26.5 Å². The molecule has 3 rings (SSSR count). The number of halogens is 1. The number of amides is 1. The smallest absolute Gasteiger partial charge is 0.343 e. The molecule has 0 fully saturated rings. The van der Waals surface area contributed by atoms with Gasteiger partial charge < -0.3 is 4.74 Å². The van der Waals surface area contributed by atoms with Gasteiger partial charge in [0.15, 0.2) is 0 Å². The molecule has 6 heteroatoms. The van der Waals surface area contributed by atoms with Gasteiger partial charge in [0.2, 0.25) is 0 Å². The maximum Gasteiger partial charge on any atom is 0.343 e. The largest absolute Gasteiger partial charge is 0.423 e. The fourth-order valence-corrected chi connectivity index (χ4v) is 2.82. The zero-order chi connectivity index (χ0) is 19.9. The van der Waals surface area contributed by atoms with Crippen LogP contribution >= 0.6 is 15.9 Å². The van der Waals surface area contributed by atoms with Crippen molar-refractivity contribution < 1.29 is 14.3 Å². The van der Waals surface area contributed by atoms with Gasteiger partial charge in [0.05, 0.1) is 11.8 Å². The Bertz CT molecular complexity index is 1030. The van der Waals surface area contributed by atoms with Crippen LogP contribution in [0.4, 0.5) is 0 Å². The molecule has 0 aliphatic carbocycles. The van der Waals surface area contributed by atoms with Crippen molar-refractivity contribution in [3.05, 3.63) is 99.5 Å². The minimum atomic E-state index is -0.411. The molecular weight excluding hydrogens is 420 g/mol. The molecule has 0 bridgehead atoms. The summed E-state index contributed by atoms with van der Waals surface area (Å²) in [6.07, 6.45) is 1.52. The first-order valence-corrected chi connectivity index (χ1v) is 9.28. The fourth-order valence-electron chi connectivity index (χ4n) is 2.42. The summed E-state index contributed by atoms with van der Waals surface area (Å²) in [5.74, 6) is -0.283. The third-order valence-electron chi connectivity index (χ3n) is 3.81. The number of nitrogens with one attached hydrogen (secondary N) is 1. The lowest BCUT2D eigenvalue weighted by atomic mass is 10.1. The van der Waals surface area contributed by atoms with E-state index in [9.17, 15) is 9.59 Å². The van der Waals surface area contributed by atoms with Crippen LogP contribution in [0.25, 0.3) is 0 Å². The van der Waals surface area contributed by atoms with Crippen molar-refractivity contribution in [3.8, 4) is 5.75 Å². The second-order valence-electron chi connectivity index (χ2n) is 6.04. The number of hydrogen-bond acceptors (Lipinski definition) is 4. The first kappa shape index (κ1) is 19.5. The second-order valence-corrected chi connectivity index (χ2v) is 6.95. The van der Waals surface area contributed by atoms with Crippen molar-refractivity contribution in [2.75, 3.05) is 0 Å². The Balaban J connectivity index is 1.57. The van der Waals surface area contributed by atoms with Crippen molar-refractivity contribution in [1.82, 2.24) is 5.43 Å². The minimum absolute atomic E-state index is 0.304. The summed E-state index contributed by atoms with van der Waals surface area (Å²) in [7, 11) is 0. The number of hydrogen-bond donors (Lipinski definition) is 1. The van der Waals surface area contributed by atoms with Crippen molar-refractivity contribution in [1.29, 1.82) is 0 Å². The number of aryl methyl sites for hydroxylation is 1. The van der Waals surface area contributed by atoms with Gasteiger partial charge in [-0.3, -0.25) is 4.79 Å². The molecule has 0 spiro atoms. The third kappa shape index (κ3) is 5.37. The van der Waals surface area contributed by atoms with Gasteiger partial charge in [-0.1, -0.05) is 39.7 Å². The number of carbonyl (C=O) groups is 2. The summed E-state index contributed by atoms with van der Waals surface area (Å²) < 4.78 is 6.18. The van der Waals surface area contributed by atoms with Crippen LogP contribution in [-0.4, -0.2) is 18.1 Å². The molecular formula is C22H17BrN2O3. The number of carbonyl (C=O) groups excluding carboxylic acids is 2. The van der Waals surface area contributed by atoms with E-state index in [4.69, 9.17) is 4.74 Å². The van der Waals surface area contributed by atoms with E-state index < -0.39 is 5.97 Å². The van der Waals surface area contributed by atoms with Crippen LogP contribution < -0.4 is 10.2 Å². The highest BCUT2D eigenvalue weighted by atomic mass is 79.9. The zero-order valence-electron chi connectivity index (χ0n) is 15.1. The standard InChI is InChI=1S/C22H17BrN2O3/c1-15-4-2-6-18(12-15)22(27)28-20-10-8-16(9-11-20)14-24-25-21(26)17-5-3-7-19(23)13-17/h2-14H,1H3,(H,25,26). The van der Waals surface area contributed by atoms with Crippen LogP contribution in [0.2, 0.25) is 0 Å². The lowest BCUT2D eigenvalue weighted by molar-refractivity contribution is 0.0734. The van der Waals surface area contributed by atoms with Crippen LogP contribution in [-0.2, 0) is 0 Å². The highest BCUT2D eigenvalue weighted by Gasteiger charge is 2.08. The summed E-state index contributed by atoms with van der Waals surface area (Å²) >= 11 is 3.32. The average molecular weight is 437 g/mol. The Labute approximate surface area is 171 Å². The van der Waals surface area contributed by atoms with Gasteiger partial charge >= 0.3 is 5.97 Å². The second kappa shape index (κ2) is 9.10. The van der Waals surface area contributed by atoms with Gasteiger partial charge in [0, 0.05) is 10.0 Å². The Morgan fingerprint density at radius 2 is 1.68 bits per heavy atom. The zero-order valence-corrected chi connectivity index (χ0v) is 16.6. The molecule has 0 aliphatic heterocycles. The fraction of sp³-hybridized carbons (Fsp3) is 0.0455. The summed E-state index contributed by atoms with van der Waals surface area (Å²) in [5.41, 5.74) is 5.22. The van der Waals surface area contributed by atoms with Gasteiger partial charge in [-0.2, -0.15) is 5.10 Å². The van der Waals surface area contributed by atoms with E-state index in [1.54, 1.807) is 54.6 Å². The Morgan fingerprint density at radius 3 is 2.39 bits per heavy atom. The van der Waals surface area contributed by atoms with Crippen molar-refractivity contribution in [3.63, 3.8) is 0 Å². The van der Waals surface area contributed by atoms with Gasteiger partial charge in [0.1, 0.15) is 5.75 Å². The van der Waals surface area contributed by atoms with Crippen LogP contribution in [0.15, 0.2) is 82.4 Å². The molecule has 0 atom stereocenters. The minimum Gasteiger partial charge on any atom is -0.423 e. The van der Waals surface area contributed by atoms with E-state index in [0.29, 0.717) is 16.9 Å². The molecule has 3 aromatic rings. The van der Waals surface area contributed by atoms with Gasteiger partial charge in [-0.05, 0) is 67.1 Å². The van der Waals surface area contributed by atoms with E-state index in [1.165, 1.54) is 6.21 Å². The first-order chi connectivity index (χ1) is 13.5. The van der Waals surface area contributed by atoms with Gasteiger partial charge in [0.25, 0.3) is 5.91 Å². The molecule has 5 nitrogen and oxygen atoms in total. The topological polar surface area (TPSA) is 67.8 Å². The normalized spacial score (nSPS) is 10.6. The average Bonchev–Trinajstić information content (AvgIpc) is 2.69. The van der Waals surface area contributed by atoms with Crippen LogP contribution in [0, 0.1) is 6.92 Å². The van der Waals surface area contributed by atoms with Crippen molar-refractivity contribution in [2.24, 2.45) is 5.10 Å².